The van der Waals surface area contributed by atoms with Crippen LogP contribution in [0.5, 0.6) is 0 Å². The molecule has 0 aliphatic carbocycles. The molecular weight excluding hydrogens is 526 g/mol. The van der Waals surface area contributed by atoms with Crippen molar-refractivity contribution in [2.24, 2.45) is 5.73 Å². The van der Waals surface area contributed by atoms with Gasteiger partial charge in [0.1, 0.15) is 0 Å². The largest absolute Gasteiger partial charge is 0.440 e. The molecule has 5 N–H and O–H groups in total. The minimum atomic E-state index is -4.57. The smallest absolute Gasteiger partial charge is 0.422 e. The number of rotatable bonds is 8. The highest BCUT2D eigenvalue weighted by atomic mass is 35.5. The number of benzene rings is 1. The van der Waals surface area contributed by atoms with Crippen LogP contribution in [0.3, 0.4) is 0 Å². The van der Waals surface area contributed by atoms with Gasteiger partial charge in [-0.25, -0.2) is 9.59 Å². The van der Waals surface area contributed by atoms with Crippen molar-refractivity contribution in [3.8, 4) is 0 Å². The molecule has 9 nitrogen and oxygen atoms in total. The highest BCUT2D eigenvalue weighted by molar-refractivity contribution is 5.94. The molecule has 0 radical (unpaired) electrons. The van der Waals surface area contributed by atoms with Gasteiger partial charge in [0.25, 0.3) is 5.91 Å². The molecule has 0 heterocycles. The molecule has 208 valence electrons. The molecule has 0 spiro atoms. The zero-order chi connectivity index (χ0) is 27.2. The van der Waals surface area contributed by atoms with Crippen LogP contribution in [0.25, 0.3) is 0 Å². The van der Waals surface area contributed by atoms with E-state index in [4.69, 9.17) is 5.73 Å². The predicted octanol–water partition coefficient (Wildman–Crippen LogP) is 3.45. The van der Waals surface area contributed by atoms with Crippen LogP contribution >= 0.6 is 12.4 Å². The number of nitrogens with one attached hydrogen (secondary N) is 3. The van der Waals surface area contributed by atoms with Crippen molar-refractivity contribution in [1.29, 1.82) is 0 Å². The fourth-order valence-electron chi connectivity index (χ4n) is 1.94. The normalized spacial score (nSPS) is 12.5. The maximum Gasteiger partial charge on any atom is 0.422 e. The van der Waals surface area contributed by atoms with E-state index in [0.717, 1.165) is 5.56 Å². The van der Waals surface area contributed by atoms with Gasteiger partial charge in [-0.05, 0) is 32.9 Å². The molecule has 0 aliphatic rings. The summed E-state index contributed by atoms with van der Waals surface area (Å²) in [6.45, 7) is 1.94. The summed E-state index contributed by atoms with van der Waals surface area (Å²) in [5, 5.41) is 6.87. The second-order valence-electron chi connectivity index (χ2n) is 7.29. The summed E-state index contributed by atoms with van der Waals surface area (Å²) in [5.74, 6) is -0.336. The lowest BCUT2D eigenvalue weighted by atomic mass is 10.1. The first-order valence-electron chi connectivity index (χ1n) is 10.1. The van der Waals surface area contributed by atoms with Gasteiger partial charge < -0.3 is 31.2 Å². The summed E-state index contributed by atoms with van der Waals surface area (Å²) in [4.78, 5) is 33.5. The number of carbonyl (C=O) groups is 3. The SMILES string of the molecule is C[C@@H](CN)NC(=O)OCC(F)(F)F.Cc1ccc(C(=O)NC[C@H](C)NC(=O)OCC(F)(F)F)cc1.Cl. The van der Waals surface area contributed by atoms with Crippen LogP contribution < -0.4 is 21.7 Å². The van der Waals surface area contributed by atoms with Gasteiger partial charge in [-0.2, -0.15) is 26.3 Å². The molecule has 36 heavy (non-hydrogen) atoms. The number of amides is 3. The number of halogens is 7. The van der Waals surface area contributed by atoms with E-state index in [0.29, 0.717) is 5.56 Å². The van der Waals surface area contributed by atoms with Gasteiger partial charge in [0.05, 0.1) is 0 Å². The number of nitrogens with two attached hydrogens (primary N) is 1. The number of carbonyl (C=O) groups excluding carboxylic acids is 3. The molecule has 1 aromatic carbocycles. The predicted molar refractivity (Wildman–Crippen MR) is 120 cm³/mol. The number of ether oxygens (including phenoxy) is 2. The third-order valence-electron chi connectivity index (χ3n) is 3.70. The Balaban J connectivity index is 0. The van der Waals surface area contributed by atoms with Crippen molar-refractivity contribution < 1.29 is 50.2 Å². The minimum Gasteiger partial charge on any atom is -0.440 e. The molecule has 0 bridgehead atoms. The van der Waals surface area contributed by atoms with E-state index in [9.17, 15) is 40.7 Å². The minimum absolute atomic E-state index is 0. The Morgan fingerprint density at radius 2 is 1.28 bits per heavy atom. The Hall–Kier alpha value is -2.94. The maximum atomic E-state index is 11.9. The quantitative estimate of drug-likeness (QED) is 0.364. The zero-order valence-electron chi connectivity index (χ0n) is 19.6. The van der Waals surface area contributed by atoms with Crippen molar-refractivity contribution in [3.63, 3.8) is 0 Å². The van der Waals surface area contributed by atoms with Crippen molar-refractivity contribution in [3.05, 3.63) is 35.4 Å². The van der Waals surface area contributed by atoms with Crippen molar-refractivity contribution in [1.82, 2.24) is 16.0 Å². The van der Waals surface area contributed by atoms with Gasteiger partial charge in [-0.15, -0.1) is 12.4 Å². The standard InChI is InChI=1S/C14H17F3N2O3.C6H11F3N2O2.ClH/c1-9-3-5-11(6-4-9)12(20)18-7-10(2)19-13(21)22-8-14(15,16)17;1-4(2-10)11-5(12)13-3-6(7,8)9;/h3-6,10H,7-8H2,1-2H3,(H,18,20)(H,19,21);4H,2-3,10H2,1H3,(H,11,12);1H/t10-;4-;/m00./s1. The topological polar surface area (TPSA) is 132 Å². The van der Waals surface area contributed by atoms with Crippen LogP contribution in [0.1, 0.15) is 29.8 Å². The Kier molecular flexibility index (Phi) is 16.3. The number of alkyl halides is 6. The number of alkyl carbamates (subject to hydrolysis) is 2. The van der Waals surface area contributed by atoms with Gasteiger partial charge in [0, 0.05) is 30.7 Å². The Labute approximate surface area is 209 Å². The van der Waals surface area contributed by atoms with E-state index in [1.807, 2.05) is 6.92 Å². The van der Waals surface area contributed by atoms with Crippen LogP contribution in [0.2, 0.25) is 0 Å². The molecule has 0 unspecified atom stereocenters. The third kappa shape index (κ3) is 19.4. The maximum absolute atomic E-state index is 11.9. The molecule has 0 aliphatic heterocycles. The summed E-state index contributed by atoms with van der Waals surface area (Å²) in [6, 6.07) is 5.90. The van der Waals surface area contributed by atoms with Gasteiger partial charge in [0.15, 0.2) is 13.2 Å². The number of hydrogen-bond donors (Lipinski definition) is 4. The molecule has 0 saturated heterocycles. The lowest BCUT2D eigenvalue weighted by Crippen LogP contribution is -2.42. The summed E-state index contributed by atoms with van der Waals surface area (Å²) in [6.07, 6.45) is -11.4. The van der Waals surface area contributed by atoms with E-state index >= 15 is 0 Å². The van der Waals surface area contributed by atoms with E-state index in [1.54, 1.807) is 31.2 Å². The number of hydrogen-bond acceptors (Lipinski definition) is 6. The fraction of sp³-hybridized carbons (Fsp3) is 0.550. The second-order valence-corrected chi connectivity index (χ2v) is 7.29. The molecule has 1 aromatic rings. The van der Waals surface area contributed by atoms with Gasteiger partial charge >= 0.3 is 24.5 Å². The third-order valence-corrected chi connectivity index (χ3v) is 3.70. The summed E-state index contributed by atoms with van der Waals surface area (Å²) in [5.41, 5.74) is 6.58. The molecule has 1 rings (SSSR count). The van der Waals surface area contributed by atoms with Gasteiger partial charge in [0.2, 0.25) is 0 Å². The number of aryl methyl sites for hydroxylation is 1. The molecular formula is C20H29ClF6N4O5. The zero-order valence-corrected chi connectivity index (χ0v) is 20.4. The molecule has 16 heteroatoms. The average Bonchev–Trinajstić information content (AvgIpc) is 2.74. The Morgan fingerprint density at radius 3 is 1.67 bits per heavy atom. The van der Waals surface area contributed by atoms with Gasteiger partial charge in [-0.1, -0.05) is 17.7 Å². The van der Waals surface area contributed by atoms with E-state index in [-0.39, 0.29) is 31.4 Å². The van der Waals surface area contributed by atoms with E-state index < -0.39 is 49.8 Å². The van der Waals surface area contributed by atoms with E-state index in [2.05, 4.69) is 25.4 Å². The lowest BCUT2D eigenvalue weighted by molar-refractivity contribution is -0.160. The fourth-order valence-corrected chi connectivity index (χ4v) is 1.94. The molecule has 0 fully saturated rings. The molecule has 0 saturated carbocycles. The van der Waals surface area contributed by atoms with Crippen LogP contribution in [-0.2, 0) is 9.47 Å². The Bertz CT molecular complexity index is 809. The van der Waals surface area contributed by atoms with Crippen LogP contribution in [-0.4, -0.2) is 68.8 Å². The first kappa shape index (κ1) is 35.2. The molecule has 3 amide bonds. The lowest BCUT2D eigenvalue weighted by Gasteiger charge is -2.15. The van der Waals surface area contributed by atoms with Crippen LogP contribution in [0.4, 0.5) is 35.9 Å². The Morgan fingerprint density at radius 1 is 0.861 bits per heavy atom. The van der Waals surface area contributed by atoms with Crippen LogP contribution in [0, 0.1) is 6.92 Å². The summed E-state index contributed by atoms with van der Waals surface area (Å²) >= 11 is 0. The molecule has 0 aromatic heterocycles. The van der Waals surface area contributed by atoms with Crippen LogP contribution in [0.15, 0.2) is 24.3 Å². The van der Waals surface area contributed by atoms with Crippen molar-refractivity contribution >= 4 is 30.5 Å². The first-order valence-corrected chi connectivity index (χ1v) is 10.1. The summed E-state index contributed by atoms with van der Waals surface area (Å²) in [7, 11) is 0. The highest BCUT2D eigenvalue weighted by Crippen LogP contribution is 2.15. The summed E-state index contributed by atoms with van der Waals surface area (Å²) < 4.78 is 77.9. The van der Waals surface area contributed by atoms with Crippen molar-refractivity contribution in [2.75, 3.05) is 26.3 Å². The monoisotopic (exact) mass is 554 g/mol. The second kappa shape index (κ2) is 16.7. The average molecular weight is 555 g/mol. The first-order chi connectivity index (χ1) is 16.0. The molecule has 2 atom stereocenters. The van der Waals surface area contributed by atoms with E-state index in [1.165, 1.54) is 6.92 Å². The highest BCUT2D eigenvalue weighted by Gasteiger charge is 2.30. The van der Waals surface area contributed by atoms with Crippen molar-refractivity contribution in [2.45, 2.75) is 45.2 Å². The van der Waals surface area contributed by atoms with Gasteiger partial charge in [-0.3, -0.25) is 4.79 Å².